The molecule has 0 saturated carbocycles. The molecule has 5 nitrogen and oxygen atoms in total. The number of fused-ring (bicyclic) bond motifs is 2. The van der Waals surface area contributed by atoms with Gasteiger partial charge in [-0.15, -0.1) is 0 Å². The highest BCUT2D eigenvalue weighted by atomic mass is 16.5. The summed E-state index contributed by atoms with van der Waals surface area (Å²) in [4.78, 5) is 9.60. The van der Waals surface area contributed by atoms with Crippen LogP contribution in [0.3, 0.4) is 0 Å². The van der Waals surface area contributed by atoms with Crippen molar-refractivity contribution in [3.8, 4) is 11.5 Å². The Morgan fingerprint density at radius 3 is 2.68 bits per heavy atom. The molecule has 128 valence electrons. The van der Waals surface area contributed by atoms with Crippen molar-refractivity contribution in [2.24, 2.45) is 4.99 Å². The van der Waals surface area contributed by atoms with Crippen molar-refractivity contribution in [1.29, 1.82) is 5.41 Å². The van der Waals surface area contributed by atoms with E-state index >= 15 is 0 Å². The van der Waals surface area contributed by atoms with E-state index in [1.807, 2.05) is 30.3 Å². The molecule has 2 aliphatic heterocycles. The zero-order valence-corrected chi connectivity index (χ0v) is 14.4. The van der Waals surface area contributed by atoms with E-state index < -0.39 is 0 Å². The Balaban J connectivity index is 1.73. The van der Waals surface area contributed by atoms with Crippen molar-refractivity contribution in [3.05, 3.63) is 53.6 Å². The molecule has 4 rings (SSSR count). The number of amidine groups is 1. The van der Waals surface area contributed by atoms with Crippen LogP contribution in [0.5, 0.6) is 11.5 Å². The Morgan fingerprint density at radius 1 is 1.08 bits per heavy atom. The van der Waals surface area contributed by atoms with Gasteiger partial charge in [-0.2, -0.15) is 0 Å². The lowest BCUT2D eigenvalue weighted by atomic mass is 10.1. The molecular weight excluding hydrogens is 312 g/mol. The number of ether oxygens (including phenoxy) is 1. The van der Waals surface area contributed by atoms with Gasteiger partial charge in [-0.3, -0.25) is 4.90 Å². The maximum atomic E-state index is 7.29. The fourth-order valence-electron chi connectivity index (χ4n) is 3.35. The van der Waals surface area contributed by atoms with E-state index in [4.69, 9.17) is 15.1 Å². The Morgan fingerprint density at radius 2 is 1.88 bits per heavy atom. The van der Waals surface area contributed by atoms with Gasteiger partial charge in [0.05, 0.1) is 5.56 Å². The first-order valence-corrected chi connectivity index (χ1v) is 8.67. The molecule has 2 aromatic rings. The molecule has 0 unspecified atom stereocenters. The molecule has 0 spiro atoms. The van der Waals surface area contributed by atoms with E-state index in [1.165, 1.54) is 11.8 Å². The number of piperazine rings is 1. The summed E-state index contributed by atoms with van der Waals surface area (Å²) in [6.07, 6.45) is 1.47. The predicted molar refractivity (Wildman–Crippen MR) is 101 cm³/mol. The van der Waals surface area contributed by atoms with Gasteiger partial charge in [0.1, 0.15) is 17.3 Å². The molecule has 1 N–H and O–H groups in total. The van der Waals surface area contributed by atoms with Gasteiger partial charge in [0.2, 0.25) is 0 Å². The van der Waals surface area contributed by atoms with Gasteiger partial charge in [-0.1, -0.05) is 23.8 Å². The van der Waals surface area contributed by atoms with Crippen molar-refractivity contribution in [2.45, 2.75) is 6.92 Å². The fourth-order valence-corrected chi connectivity index (χ4v) is 3.35. The zero-order valence-electron chi connectivity index (χ0n) is 14.4. The van der Waals surface area contributed by atoms with Gasteiger partial charge in [0.15, 0.2) is 5.75 Å². The van der Waals surface area contributed by atoms with Crippen LogP contribution in [0.2, 0.25) is 0 Å². The molecular formula is C20H22N4O. The van der Waals surface area contributed by atoms with Gasteiger partial charge >= 0.3 is 0 Å². The Hall–Kier alpha value is -2.66. The average molecular weight is 334 g/mol. The smallest absolute Gasteiger partial charge is 0.153 e. The predicted octanol–water partition coefficient (Wildman–Crippen LogP) is 3.45. The molecule has 1 fully saturated rings. The number of nitrogens with one attached hydrogen (secondary N) is 1. The minimum absolute atomic E-state index is 0.724. The fraction of sp³-hybridized carbons (Fsp3) is 0.300. The average Bonchev–Trinajstić information content (AvgIpc) is 2.79. The first-order valence-electron chi connectivity index (χ1n) is 8.67. The lowest BCUT2D eigenvalue weighted by Gasteiger charge is -2.36. The van der Waals surface area contributed by atoms with Crippen LogP contribution in [0.4, 0.5) is 5.69 Å². The molecule has 25 heavy (non-hydrogen) atoms. The van der Waals surface area contributed by atoms with E-state index in [2.05, 4.69) is 28.9 Å². The second-order valence-electron chi connectivity index (χ2n) is 6.50. The number of aliphatic imine (C=N–C) groups is 1. The van der Waals surface area contributed by atoms with Crippen LogP contribution in [-0.2, 0) is 0 Å². The van der Waals surface area contributed by atoms with Crippen LogP contribution in [0.25, 0.3) is 0 Å². The molecule has 0 atom stereocenters. The van der Waals surface area contributed by atoms with Gasteiger partial charge in [-0.25, -0.2) is 4.99 Å². The van der Waals surface area contributed by atoms with Gasteiger partial charge < -0.3 is 15.0 Å². The lowest BCUT2D eigenvalue weighted by molar-refractivity contribution is 0.204. The van der Waals surface area contributed by atoms with Crippen LogP contribution in [0, 0.1) is 12.3 Å². The summed E-state index contributed by atoms with van der Waals surface area (Å²) < 4.78 is 6.16. The maximum absolute atomic E-state index is 7.29. The van der Waals surface area contributed by atoms with Gasteiger partial charge in [0.25, 0.3) is 0 Å². The first-order chi connectivity index (χ1) is 12.2. The highest BCUT2D eigenvalue weighted by molar-refractivity contribution is 6.04. The second kappa shape index (κ2) is 6.69. The van der Waals surface area contributed by atoms with Crippen LogP contribution in [0.1, 0.15) is 11.1 Å². The molecule has 0 aliphatic carbocycles. The zero-order chi connectivity index (χ0) is 17.2. The standard InChI is InChI=1S/C20H22N4O/c1-15-6-7-18-16(14-15)20(22-17-4-2-3-5-19(17)25-18)24-12-10-23(9-8-21)11-13-24/h2-8,14,21H,9-13H2,1H3. The molecule has 2 aromatic carbocycles. The third-order valence-corrected chi connectivity index (χ3v) is 4.71. The van der Waals surface area contributed by atoms with Crippen molar-refractivity contribution < 1.29 is 4.74 Å². The lowest BCUT2D eigenvalue weighted by Crippen LogP contribution is -2.49. The van der Waals surface area contributed by atoms with E-state index in [0.717, 1.165) is 61.3 Å². The van der Waals surface area contributed by atoms with E-state index in [9.17, 15) is 0 Å². The minimum atomic E-state index is 0.724. The third-order valence-electron chi connectivity index (χ3n) is 4.71. The number of para-hydroxylation sites is 2. The van der Waals surface area contributed by atoms with E-state index in [1.54, 1.807) is 0 Å². The number of nitrogens with zero attached hydrogens (tertiary/aromatic N) is 3. The summed E-state index contributed by atoms with van der Waals surface area (Å²) >= 11 is 0. The topological polar surface area (TPSA) is 51.9 Å². The summed E-state index contributed by atoms with van der Waals surface area (Å²) in [5.41, 5.74) is 3.12. The molecule has 1 saturated heterocycles. The van der Waals surface area contributed by atoms with Crippen LogP contribution >= 0.6 is 0 Å². The SMILES string of the molecule is Cc1ccc2c(c1)C(N1CCN(CC=N)CC1)=Nc1ccccc1O2. The normalized spacial score (nSPS) is 17.0. The summed E-state index contributed by atoms with van der Waals surface area (Å²) in [6, 6.07) is 14.2. The first kappa shape index (κ1) is 15.8. The van der Waals surface area contributed by atoms with E-state index in [-0.39, 0.29) is 0 Å². The molecule has 2 aliphatic rings. The van der Waals surface area contributed by atoms with Crippen molar-refractivity contribution in [1.82, 2.24) is 9.80 Å². The Labute approximate surface area is 148 Å². The highest BCUT2D eigenvalue weighted by Crippen LogP contribution is 2.38. The quantitative estimate of drug-likeness (QED) is 0.856. The van der Waals surface area contributed by atoms with Gasteiger partial charge in [0, 0.05) is 38.9 Å². The van der Waals surface area contributed by atoms with Crippen molar-refractivity contribution in [3.63, 3.8) is 0 Å². The number of benzene rings is 2. The molecule has 0 aromatic heterocycles. The second-order valence-corrected chi connectivity index (χ2v) is 6.50. The summed E-state index contributed by atoms with van der Waals surface area (Å²) in [6.45, 7) is 6.51. The molecule has 0 amide bonds. The summed E-state index contributed by atoms with van der Waals surface area (Å²) in [5.74, 6) is 2.64. The number of hydrogen-bond donors (Lipinski definition) is 1. The van der Waals surface area contributed by atoms with Crippen LogP contribution in [-0.4, -0.2) is 54.6 Å². The van der Waals surface area contributed by atoms with Crippen LogP contribution in [0.15, 0.2) is 47.5 Å². The van der Waals surface area contributed by atoms with E-state index in [0.29, 0.717) is 0 Å². The highest BCUT2D eigenvalue weighted by Gasteiger charge is 2.25. The number of hydrogen-bond acceptors (Lipinski definition) is 5. The molecule has 0 bridgehead atoms. The number of rotatable bonds is 2. The van der Waals surface area contributed by atoms with Crippen LogP contribution < -0.4 is 4.74 Å². The Bertz CT molecular complexity index is 822. The van der Waals surface area contributed by atoms with Gasteiger partial charge in [-0.05, 0) is 31.2 Å². The molecule has 5 heteroatoms. The Kier molecular flexibility index (Phi) is 4.24. The minimum Gasteiger partial charge on any atom is -0.454 e. The molecule has 0 radical (unpaired) electrons. The van der Waals surface area contributed by atoms with Crippen molar-refractivity contribution >= 4 is 17.7 Å². The van der Waals surface area contributed by atoms with Crippen molar-refractivity contribution in [2.75, 3.05) is 32.7 Å². The monoisotopic (exact) mass is 334 g/mol. The summed E-state index contributed by atoms with van der Waals surface area (Å²) in [5, 5.41) is 7.29. The number of aryl methyl sites for hydroxylation is 1. The third kappa shape index (κ3) is 3.15. The molecule has 2 heterocycles. The maximum Gasteiger partial charge on any atom is 0.153 e. The largest absolute Gasteiger partial charge is 0.454 e. The summed E-state index contributed by atoms with van der Waals surface area (Å²) in [7, 11) is 0.